The van der Waals surface area contributed by atoms with Crippen molar-refractivity contribution in [3.8, 4) is 0 Å². The number of piperidine rings is 1. The number of hydrogen-bond acceptors (Lipinski definition) is 2. The van der Waals surface area contributed by atoms with Gasteiger partial charge in [0.15, 0.2) is 0 Å². The van der Waals surface area contributed by atoms with Crippen molar-refractivity contribution in [2.45, 2.75) is 37.6 Å². The molecule has 0 saturated carbocycles. The number of hydrogen-bond donors (Lipinski definition) is 1. The second-order valence-corrected chi connectivity index (χ2v) is 7.89. The van der Waals surface area contributed by atoms with E-state index in [2.05, 4.69) is 43.1 Å². The molecule has 3 heteroatoms. The highest BCUT2D eigenvalue weighted by Crippen LogP contribution is 2.58. The molecular formula is C20H25N2O+. The van der Waals surface area contributed by atoms with Gasteiger partial charge in [-0.3, -0.25) is 4.79 Å². The molecule has 0 radical (unpaired) electrons. The third-order valence-corrected chi connectivity index (χ3v) is 7.34. The number of aldehydes is 1. The highest BCUT2D eigenvalue weighted by atomic mass is 16.1. The van der Waals surface area contributed by atoms with Gasteiger partial charge in [-0.25, -0.2) is 0 Å². The molecule has 2 bridgehead atoms. The maximum Gasteiger partial charge on any atom is 0.148 e. The Kier molecular flexibility index (Phi) is 2.68. The zero-order valence-corrected chi connectivity index (χ0v) is 14.0. The summed E-state index contributed by atoms with van der Waals surface area (Å²) in [6.45, 7) is 4.80. The third kappa shape index (κ3) is 1.43. The normalized spacial score (nSPS) is 40.2. The smallest absolute Gasteiger partial charge is 0.148 e. The first-order valence-electron chi connectivity index (χ1n) is 9.10. The molecule has 4 aliphatic rings. The highest BCUT2D eigenvalue weighted by molar-refractivity contribution is 5.84. The summed E-state index contributed by atoms with van der Waals surface area (Å²) in [6, 6.07) is 9.52. The van der Waals surface area contributed by atoms with E-state index >= 15 is 0 Å². The first kappa shape index (κ1) is 13.8. The lowest BCUT2D eigenvalue weighted by Gasteiger charge is -2.48. The number of anilines is 1. The van der Waals surface area contributed by atoms with Crippen LogP contribution in [0.3, 0.4) is 0 Å². The molecule has 1 spiro atoms. The fourth-order valence-electron chi connectivity index (χ4n) is 6.47. The summed E-state index contributed by atoms with van der Waals surface area (Å²) < 4.78 is 0. The van der Waals surface area contributed by atoms with Crippen LogP contribution in [0.2, 0.25) is 0 Å². The number of rotatable bonds is 2. The van der Waals surface area contributed by atoms with E-state index in [0.717, 1.165) is 5.57 Å². The highest BCUT2D eigenvalue weighted by Gasteiger charge is 2.65. The van der Waals surface area contributed by atoms with Crippen molar-refractivity contribution in [1.29, 1.82) is 0 Å². The first-order chi connectivity index (χ1) is 11.2. The van der Waals surface area contributed by atoms with E-state index in [4.69, 9.17) is 0 Å². The molecule has 1 aromatic rings. The molecular weight excluding hydrogens is 284 g/mol. The Hall–Kier alpha value is -1.61. The van der Waals surface area contributed by atoms with E-state index in [0.29, 0.717) is 17.9 Å². The van der Waals surface area contributed by atoms with Crippen LogP contribution in [0.4, 0.5) is 5.69 Å². The minimum absolute atomic E-state index is 0.103. The number of quaternary nitrogens is 1. The zero-order chi connectivity index (χ0) is 15.8. The fraction of sp³-hybridized carbons (Fsp3) is 0.550. The van der Waals surface area contributed by atoms with Gasteiger partial charge >= 0.3 is 0 Å². The summed E-state index contributed by atoms with van der Waals surface area (Å²) in [5.74, 6) is 1.14. The molecule has 1 N–H and O–H groups in total. The molecule has 1 unspecified atom stereocenters. The summed E-state index contributed by atoms with van der Waals surface area (Å²) in [5.41, 5.74) is 5.37. The van der Waals surface area contributed by atoms with Crippen LogP contribution in [0, 0.1) is 11.8 Å². The lowest BCUT2D eigenvalue weighted by Crippen LogP contribution is -3.16. The molecule has 2 fully saturated rings. The van der Waals surface area contributed by atoms with Crippen LogP contribution in [0.1, 0.15) is 31.7 Å². The number of allylic oxidation sites excluding steroid dienone is 1. The van der Waals surface area contributed by atoms with Crippen molar-refractivity contribution in [2.75, 3.05) is 25.0 Å². The van der Waals surface area contributed by atoms with Gasteiger partial charge in [-0.15, -0.1) is 0 Å². The molecule has 3 aliphatic heterocycles. The van der Waals surface area contributed by atoms with Crippen LogP contribution >= 0.6 is 0 Å². The summed E-state index contributed by atoms with van der Waals surface area (Å²) in [4.78, 5) is 16.3. The third-order valence-electron chi connectivity index (χ3n) is 7.34. The van der Waals surface area contributed by atoms with Crippen molar-refractivity contribution in [3.63, 3.8) is 0 Å². The van der Waals surface area contributed by atoms with Crippen LogP contribution in [0.15, 0.2) is 35.5 Å². The Morgan fingerprint density at radius 1 is 1.39 bits per heavy atom. The Labute approximate surface area is 138 Å². The van der Waals surface area contributed by atoms with Gasteiger partial charge < -0.3 is 9.80 Å². The van der Waals surface area contributed by atoms with Crippen LogP contribution in [0.25, 0.3) is 0 Å². The zero-order valence-electron chi connectivity index (χ0n) is 14.0. The Balaban J connectivity index is 1.83. The van der Waals surface area contributed by atoms with Gasteiger partial charge in [-0.1, -0.05) is 25.1 Å². The minimum atomic E-state index is 0.103. The predicted octanol–water partition coefficient (Wildman–Crippen LogP) is 1.54. The Morgan fingerprint density at radius 3 is 3.00 bits per heavy atom. The maximum atomic E-state index is 12.1. The number of carbonyl (C=O) groups excluding carboxylic acids is 1. The number of nitrogens with zero attached hydrogens (tertiary/aromatic N) is 1. The van der Waals surface area contributed by atoms with Crippen molar-refractivity contribution in [3.05, 3.63) is 41.1 Å². The minimum Gasteiger partial charge on any atom is -0.346 e. The summed E-state index contributed by atoms with van der Waals surface area (Å²) >= 11 is 0. The molecule has 0 aromatic heterocycles. The van der Waals surface area contributed by atoms with E-state index in [9.17, 15) is 4.79 Å². The van der Waals surface area contributed by atoms with Crippen LogP contribution in [-0.2, 0) is 10.2 Å². The average molecular weight is 309 g/mol. The van der Waals surface area contributed by atoms with Crippen LogP contribution in [-0.4, -0.2) is 32.5 Å². The largest absolute Gasteiger partial charge is 0.346 e. The number of carbonyl (C=O) groups is 1. The molecule has 120 valence electrons. The second-order valence-electron chi connectivity index (χ2n) is 7.89. The number of para-hydroxylation sites is 1. The monoisotopic (exact) mass is 309 g/mol. The van der Waals surface area contributed by atoms with Gasteiger partial charge in [0, 0.05) is 48.7 Å². The lowest BCUT2D eigenvalue weighted by molar-refractivity contribution is -0.925. The molecule has 5 rings (SSSR count). The number of nitrogens with one attached hydrogen (secondary N) is 1. The topological polar surface area (TPSA) is 24.8 Å². The molecule has 1 aromatic carbocycles. The maximum absolute atomic E-state index is 12.1. The predicted molar refractivity (Wildman–Crippen MR) is 90.6 cm³/mol. The molecule has 0 amide bonds. The van der Waals surface area contributed by atoms with E-state index in [1.54, 1.807) is 4.90 Å². The standard InChI is InChI=1S/C20H24N2O/c1-3-13-11-22-9-8-20-16-6-4-5-7-17(16)21(2)19(20)15(12-23)14(13)10-18(20)22/h4-7,12-14,18H,3,8-11H2,1-2H3/p+1/t13-,14-,18-,20+/m1/s1. The van der Waals surface area contributed by atoms with Crippen molar-refractivity contribution < 1.29 is 9.69 Å². The van der Waals surface area contributed by atoms with Crippen LogP contribution < -0.4 is 9.80 Å². The first-order valence-corrected chi connectivity index (χ1v) is 9.10. The molecule has 3 nitrogen and oxygen atoms in total. The summed E-state index contributed by atoms with van der Waals surface area (Å²) in [5, 5.41) is 0. The molecule has 5 atom stereocenters. The van der Waals surface area contributed by atoms with Gasteiger partial charge in [-0.2, -0.15) is 0 Å². The average Bonchev–Trinajstić information content (AvgIpc) is 3.10. The van der Waals surface area contributed by atoms with Gasteiger partial charge in [0.05, 0.1) is 18.5 Å². The van der Waals surface area contributed by atoms with Crippen molar-refractivity contribution >= 4 is 12.0 Å². The summed E-state index contributed by atoms with van der Waals surface area (Å²) in [7, 11) is 2.17. The van der Waals surface area contributed by atoms with Gasteiger partial charge in [0.25, 0.3) is 0 Å². The number of likely N-dealkylation sites (N-methyl/N-ethyl adjacent to an activating group) is 1. The molecule has 2 saturated heterocycles. The quantitative estimate of drug-likeness (QED) is 0.838. The van der Waals surface area contributed by atoms with E-state index < -0.39 is 0 Å². The SMILES string of the molecule is CC[C@@H]1C[NH+]2CC[C@@]34C(=C(C=O)[C@@H]1C[C@@H]23)N(C)c1ccccc14. The van der Waals surface area contributed by atoms with E-state index in [-0.39, 0.29) is 5.41 Å². The number of fused-ring (bicyclic) bond motifs is 2. The Morgan fingerprint density at radius 2 is 2.22 bits per heavy atom. The lowest BCUT2D eigenvalue weighted by atomic mass is 9.60. The van der Waals surface area contributed by atoms with Crippen molar-refractivity contribution in [2.24, 2.45) is 11.8 Å². The number of benzene rings is 1. The fourth-order valence-corrected chi connectivity index (χ4v) is 6.47. The van der Waals surface area contributed by atoms with Crippen molar-refractivity contribution in [1.82, 2.24) is 0 Å². The van der Waals surface area contributed by atoms with Gasteiger partial charge in [-0.05, 0) is 18.1 Å². The molecule has 3 heterocycles. The van der Waals surface area contributed by atoms with Gasteiger partial charge in [0.1, 0.15) is 12.3 Å². The summed E-state index contributed by atoms with van der Waals surface area (Å²) in [6.07, 6.45) is 4.79. The van der Waals surface area contributed by atoms with Gasteiger partial charge in [0.2, 0.25) is 0 Å². The second kappa shape index (κ2) is 4.47. The molecule has 23 heavy (non-hydrogen) atoms. The van der Waals surface area contributed by atoms with E-state index in [1.807, 2.05) is 0 Å². The Bertz CT molecular complexity index is 724. The molecule has 1 aliphatic carbocycles. The van der Waals surface area contributed by atoms with Crippen LogP contribution in [0.5, 0.6) is 0 Å². The van der Waals surface area contributed by atoms with E-state index in [1.165, 1.54) is 55.6 Å².